The number of hydrogen-bond donors (Lipinski definition) is 1. The maximum absolute atomic E-state index is 13.8. The van der Waals surface area contributed by atoms with Gasteiger partial charge in [-0.1, -0.05) is 48.3 Å². The van der Waals surface area contributed by atoms with E-state index >= 15 is 0 Å². The van der Waals surface area contributed by atoms with E-state index in [4.69, 9.17) is 27.9 Å². The lowest BCUT2D eigenvalue weighted by Gasteiger charge is -2.30. The first kappa shape index (κ1) is 23.0. The number of nitrogens with one attached hydrogen (secondary N) is 1. The highest BCUT2D eigenvalue weighted by Crippen LogP contribution is 2.24. The predicted octanol–water partition coefficient (Wildman–Crippen LogP) is 4.45. The number of benzene rings is 2. The van der Waals surface area contributed by atoms with Gasteiger partial charge in [0.25, 0.3) is 5.91 Å². The molecule has 8 heteroatoms. The molecule has 0 aliphatic carbocycles. The fraction of sp³-hybridized carbons (Fsp3) is 0.333. The third-order valence-electron chi connectivity index (χ3n) is 4.26. The van der Waals surface area contributed by atoms with Crippen molar-refractivity contribution < 1.29 is 18.7 Å². The van der Waals surface area contributed by atoms with Crippen molar-refractivity contribution in [1.29, 1.82) is 0 Å². The zero-order valence-corrected chi connectivity index (χ0v) is 17.8. The lowest BCUT2D eigenvalue weighted by atomic mass is 10.1. The summed E-state index contributed by atoms with van der Waals surface area (Å²) in [7, 11) is 0. The molecule has 2 rings (SSSR count). The van der Waals surface area contributed by atoms with Crippen LogP contribution in [0.15, 0.2) is 42.5 Å². The van der Waals surface area contributed by atoms with E-state index in [-0.39, 0.29) is 18.2 Å². The summed E-state index contributed by atoms with van der Waals surface area (Å²) in [6, 6.07) is 10.1. The van der Waals surface area contributed by atoms with Crippen molar-refractivity contribution in [1.82, 2.24) is 10.2 Å². The lowest BCUT2D eigenvalue weighted by molar-refractivity contribution is -0.143. The Morgan fingerprint density at radius 1 is 1.14 bits per heavy atom. The van der Waals surface area contributed by atoms with Gasteiger partial charge in [-0.2, -0.15) is 0 Å². The van der Waals surface area contributed by atoms with Gasteiger partial charge in [-0.15, -0.1) is 0 Å². The standard InChI is InChI=1S/C21H23Cl2FN2O3/c1-3-18(21(28)25-4-2)26(12-14-9-10-15(22)16(23)11-14)20(27)13-29-19-8-6-5-7-17(19)24/h5-11,18H,3-4,12-13H2,1-2H3,(H,25,28). The molecule has 1 atom stereocenters. The normalized spacial score (nSPS) is 11.6. The summed E-state index contributed by atoms with van der Waals surface area (Å²) in [6.07, 6.45) is 0.401. The van der Waals surface area contributed by atoms with Crippen molar-refractivity contribution in [2.45, 2.75) is 32.9 Å². The molecular weight excluding hydrogens is 418 g/mol. The minimum absolute atomic E-state index is 0.0265. The van der Waals surface area contributed by atoms with Crippen LogP contribution in [0.4, 0.5) is 4.39 Å². The monoisotopic (exact) mass is 440 g/mol. The van der Waals surface area contributed by atoms with Crippen LogP contribution in [0, 0.1) is 5.82 Å². The molecule has 0 bridgehead atoms. The van der Waals surface area contributed by atoms with Crippen molar-refractivity contribution in [3.05, 3.63) is 63.9 Å². The molecule has 0 saturated heterocycles. The van der Waals surface area contributed by atoms with Crippen LogP contribution in [0.25, 0.3) is 0 Å². The molecule has 1 N–H and O–H groups in total. The molecule has 2 aromatic carbocycles. The van der Waals surface area contributed by atoms with E-state index in [1.165, 1.54) is 23.1 Å². The highest BCUT2D eigenvalue weighted by atomic mass is 35.5. The van der Waals surface area contributed by atoms with Gasteiger partial charge in [0.1, 0.15) is 6.04 Å². The van der Waals surface area contributed by atoms with E-state index in [1.807, 2.05) is 6.92 Å². The second-order valence-electron chi connectivity index (χ2n) is 6.31. The number of ether oxygens (including phenoxy) is 1. The largest absolute Gasteiger partial charge is 0.481 e. The lowest BCUT2D eigenvalue weighted by Crippen LogP contribution is -2.50. The van der Waals surface area contributed by atoms with Crippen LogP contribution in [0.2, 0.25) is 10.0 Å². The number of amides is 2. The Morgan fingerprint density at radius 3 is 2.48 bits per heavy atom. The Labute approximate surface area is 179 Å². The number of rotatable bonds is 9. The van der Waals surface area contributed by atoms with Crippen LogP contribution in [-0.2, 0) is 16.1 Å². The molecule has 5 nitrogen and oxygen atoms in total. The quantitative estimate of drug-likeness (QED) is 0.626. The van der Waals surface area contributed by atoms with E-state index in [1.54, 1.807) is 31.2 Å². The van der Waals surface area contributed by atoms with Crippen LogP contribution in [0.1, 0.15) is 25.8 Å². The van der Waals surface area contributed by atoms with Gasteiger partial charge in [-0.25, -0.2) is 4.39 Å². The predicted molar refractivity (Wildman–Crippen MR) is 112 cm³/mol. The molecule has 2 aromatic rings. The van der Waals surface area contributed by atoms with Crippen LogP contribution < -0.4 is 10.1 Å². The zero-order valence-electron chi connectivity index (χ0n) is 16.3. The molecule has 0 fully saturated rings. The van der Waals surface area contributed by atoms with Gasteiger partial charge < -0.3 is 15.0 Å². The van der Waals surface area contributed by atoms with Gasteiger partial charge >= 0.3 is 0 Å². The van der Waals surface area contributed by atoms with Gasteiger partial charge in [0, 0.05) is 13.1 Å². The molecule has 1 unspecified atom stereocenters. The molecular formula is C21H23Cl2FN2O3. The number of likely N-dealkylation sites (N-methyl/N-ethyl adjacent to an activating group) is 1. The number of nitrogens with zero attached hydrogens (tertiary/aromatic N) is 1. The summed E-state index contributed by atoms with van der Waals surface area (Å²) in [5, 5.41) is 3.49. The maximum atomic E-state index is 13.8. The Bertz CT molecular complexity index is 864. The third-order valence-corrected chi connectivity index (χ3v) is 5.00. The fourth-order valence-corrected chi connectivity index (χ4v) is 3.15. The SMILES string of the molecule is CCNC(=O)C(CC)N(Cc1ccc(Cl)c(Cl)c1)C(=O)COc1ccccc1F. The first-order chi connectivity index (χ1) is 13.9. The van der Waals surface area contributed by atoms with E-state index in [2.05, 4.69) is 5.32 Å². The zero-order chi connectivity index (χ0) is 21.4. The van der Waals surface area contributed by atoms with E-state index in [9.17, 15) is 14.0 Å². The molecule has 0 aromatic heterocycles. The minimum atomic E-state index is -0.707. The minimum Gasteiger partial charge on any atom is -0.481 e. The molecule has 0 spiro atoms. The number of hydrogen-bond acceptors (Lipinski definition) is 3. The maximum Gasteiger partial charge on any atom is 0.261 e. The van der Waals surface area contributed by atoms with Crippen LogP contribution in [0.3, 0.4) is 0 Å². The first-order valence-electron chi connectivity index (χ1n) is 9.25. The Morgan fingerprint density at radius 2 is 1.86 bits per heavy atom. The second-order valence-corrected chi connectivity index (χ2v) is 7.12. The van der Waals surface area contributed by atoms with E-state index < -0.39 is 24.4 Å². The number of halogens is 3. The van der Waals surface area contributed by atoms with E-state index in [0.29, 0.717) is 28.6 Å². The van der Waals surface area contributed by atoms with Gasteiger partial charge in [0.15, 0.2) is 18.2 Å². The first-order valence-corrected chi connectivity index (χ1v) is 10.0. The molecule has 2 amide bonds. The topological polar surface area (TPSA) is 58.6 Å². The van der Waals surface area contributed by atoms with Crippen molar-refractivity contribution >= 4 is 35.0 Å². The van der Waals surface area contributed by atoms with Crippen molar-refractivity contribution in [3.8, 4) is 5.75 Å². The van der Waals surface area contributed by atoms with Gasteiger partial charge in [0.05, 0.1) is 10.0 Å². The highest BCUT2D eigenvalue weighted by Gasteiger charge is 2.29. The number of para-hydroxylation sites is 1. The summed E-state index contributed by atoms with van der Waals surface area (Å²) < 4.78 is 19.1. The van der Waals surface area contributed by atoms with E-state index in [0.717, 1.165) is 0 Å². The Hall–Kier alpha value is -2.31. The molecule has 29 heavy (non-hydrogen) atoms. The van der Waals surface area contributed by atoms with Crippen LogP contribution >= 0.6 is 23.2 Å². The van der Waals surface area contributed by atoms with Crippen LogP contribution in [-0.4, -0.2) is 35.9 Å². The molecule has 0 saturated carbocycles. The smallest absolute Gasteiger partial charge is 0.261 e. The summed E-state index contributed by atoms with van der Waals surface area (Å²) in [4.78, 5) is 26.8. The van der Waals surface area contributed by atoms with Gasteiger partial charge in [-0.05, 0) is 43.2 Å². The summed E-state index contributed by atoms with van der Waals surface area (Å²) in [5.74, 6) is -1.31. The number of carbonyl (C=O) groups excluding carboxylic acids is 2. The highest BCUT2D eigenvalue weighted by molar-refractivity contribution is 6.42. The van der Waals surface area contributed by atoms with Gasteiger partial charge in [0.2, 0.25) is 5.91 Å². The van der Waals surface area contributed by atoms with Gasteiger partial charge in [-0.3, -0.25) is 9.59 Å². The van der Waals surface area contributed by atoms with Crippen molar-refractivity contribution in [2.75, 3.05) is 13.2 Å². The Kier molecular flexibility index (Phi) is 8.73. The average molecular weight is 441 g/mol. The van der Waals surface area contributed by atoms with Crippen LogP contribution in [0.5, 0.6) is 5.75 Å². The summed E-state index contributed by atoms with van der Waals surface area (Å²) in [6.45, 7) is 3.78. The summed E-state index contributed by atoms with van der Waals surface area (Å²) >= 11 is 12.0. The molecule has 0 aliphatic heterocycles. The molecule has 0 aliphatic rings. The van der Waals surface area contributed by atoms with Crippen molar-refractivity contribution in [2.24, 2.45) is 0 Å². The Balaban J connectivity index is 2.24. The molecule has 156 valence electrons. The number of carbonyl (C=O) groups is 2. The third kappa shape index (κ3) is 6.34. The van der Waals surface area contributed by atoms with Crippen molar-refractivity contribution in [3.63, 3.8) is 0 Å². The summed E-state index contributed by atoms with van der Waals surface area (Å²) in [5.41, 5.74) is 0.710. The second kappa shape index (κ2) is 11.0. The molecule has 0 heterocycles. The average Bonchev–Trinajstić information content (AvgIpc) is 2.70. The fourth-order valence-electron chi connectivity index (χ4n) is 2.83. The molecule has 0 radical (unpaired) electrons.